The molecule has 37 heavy (non-hydrogen) atoms. The number of halogens is 2. The molecule has 1 saturated heterocycles. The van der Waals surface area contributed by atoms with Crippen LogP contribution in [0.2, 0.25) is 0 Å². The minimum atomic E-state index is -1.39. The number of hydrogen-bond donors (Lipinski definition) is 4. The van der Waals surface area contributed by atoms with Gasteiger partial charge in [0.2, 0.25) is 5.95 Å². The molecule has 0 radical (unpaired) electrons. The number of aromatic nitrogens is 4. The first kappa shape index (κ1) is 25.0. The van der Waals surface area contributed by atoms with E-state index in [0.717, 1.165) is 17.8 Å². The van der Waals surface area contributed by atoms with Crippen LogP contribution in [0, 0.1) is 17.6 Å². The van der Waals surface area contributed by atoms with Gasteiger partial charge in [-0.2, -0.15) is 9.61 Å². The van der Waals surface area contributed by atoms with Crippen molar-refractivity contribution in [2.45, 2.75) is 38.5 Å². The van der Waals surface area contributed by atoms with Crippen molar-refractivity contribution in [1.82, 2.24) is 19.6 Å². The molecular formula is C26H29F2N7O2. The number of nitrogens with two attached hydrogens (primary N) is 1. The second kappa shape index (κ2) is 9.33. The number of aliphatic hydroxyl groups excluding tert-OH is 1. The van der Waals surface area contributed by atoms with Gasteiger partial charge >= 0.3 is 0 Å². The summed E-state index contributed by atoms with van der Waals surface area (Å²) in [5.41, 5.74) is 6.75. The average Bonchev–Trinajstić information content (AvgIpc) is 3.23. The van der Waals surface area contributed by atoms with Crippen molar-refractivity contribution in [2.75, 3.05) is 23.3 Å². The molecule has 1 aliphatic heterocycles. The number of aliphatic hydroxyl groups is 2. The number of pyridine rings is 1. The highest BCUT2D eigenvalue weighted by Gasteiger charge is 2.32. The van der Waals surface area contributed by atoms with Gasteiger partial charge in [-0.25, -0.2) is 13.8 Å². The van der Waals surface area contributed by atoms with Crippen LogP contribution in [-0.4, -0.2) is 55.0 Å². The molecule has 5 rings (SSSR count). The highest BCUT2D eigenvalue weighted by atomic mass is 19.1. The molecule has 5 N–H and O–H groups in total. The Bertz CT molecular complexity index is 1420. The zero-order valence-corrected chi connectivity index (χ0v) is 20.7. The Balaban J connectivity index is 1.50. The van der Waals surface area contributed by atoms with Crippen LogP contribution in [-0.2, 0) is 5.60 Å². The zero-order chi connectivity index (χ0) is 26.5. The summed E-state index contributed by atoms with van der Waals surface area (Å²) in [6, 6.07) is 6.86. The smallest absolute Gasteiger partial charge is 0.229 e. The summed E-state index contributed by atoms with van der Waals surface area (Å²) in [7, 11) is 0. The Labute approximate surface area is 212 Å². The number of fused-ring (bicyclic) bond motifs is 1. The van der Waals surface area contributed by atoms with E-state index in [1.807, 2.05) is 13.0 Å². The minimum absolute atomic E-state index is 0.0196. The van der Waals surface area contributed by atoms with Crippen LogP contribution in [0.5, 0.6) is 0 Å². The maximum atomic E-state index is 15.0. The summed E-state index contributed by atoms with van der Waals surface area (Å²) in [4.78, 5) is 10.7. The highest BCUT2D eigenvalue weighted by molar-refractivity contribution is 5.74. The van der Waals surface area contributed by atoms with Crippen LogP contribution in [0.3, 0.4) is 0 Å². The van der Waals surface area contributed by atoms with Gasteiger partial charge in [0.05, 0.1) is 52.2 Å². The SMILES string of the molecule is CC1CN(c2ccncc2Nc2ncc3ccc(-c4c(F)cc(C(C)(C)O)cc4F)nn23)CC(N)C1O. The molecule has 4 aromatic rings. The molecule has 194 valence electrons. The highest BCUT2D eigenvalue weighted by Crippen LogP contribution is 2.33. The summed E-state index contributed by atoms with van der Waals surface area (Å²) in [6.07, 6.45) is 4.33. The lowest BCUT2D eigenvalue weighted by molar-refractivity contribution is 0.0778. The van der Waals surface area contributed by atoms with Crippen molar-refractivity contribution in [1.29, 1.82) is 0 Å². The van der Waals surface area contributed by atoms with Crippen molar-refractivity contribution < 1.29 is 19.0 Å². The van der Waals surface area contributed by atoms with Crippen LogP contribution in [0.1, 0.15) is 26.3 Å². The topological polar surface area (TPSA) is 125 Å². The lowest BCUT2D eigenvalue weighted by Crippen LogP contribution is -2.55. The predicted molar refractivity (Wildman–Crippen MR) is 136 cm³/mol. The first-order valence-corrected chi connectivity index (χ1v) is 12.0. The van der Waals surface area contributed by atoms with Gasteiger partial charge in [-0.15, -0.1) is 0 Å². The first-order chi connectivity index (χ1) is 17.5. The van der Waals surface area contributed by atoms with Gasteiger partial charge in [-0.05, 0) is 49.7 Å². The van der Waals surface area contributed by atoms with E-state index in [4.69, 9.17) is 5.73 Å². The molecule has 0 bridgehead atoms. The van der Waals surface area contributed by atoms with Gasteiger partial charge in [0.15, 0.2) is 0 Å². The van der Waals surface area contributed by atoms with Crippen LogP contribution in [0.4, 0.5) is 26.1 Å². The first-order valence-electron chi connectivity index (χ1n) is 12.0. The second-order valence-electron chi connectivity index (χ2n) is 10.1. The Kier molecular flexibility index (Phi) is 6.30. The number of benzene rings is 1. The number of rotatable bonds is 5. The number of nitrogens with zero attached hydrogens (tertiary/aromatic N) is 5. The summed E-state index contributed by atoms with van der Waals surface area (Å²) < 4.78 is 31.4. The third kappa shape index (κ3) is 4.73. The fourth-order valence-electron chi connectivity index (χ4n) is 4.66. The van der Waals surface area contributed by atoms with Gasteiger partial charge < -0.3 is 26.2 Å². The van der Waals surface area contributed by atoms with Gasteiger partial charge in [-0.3, -0.25) is 4.98 Å². The monoisotopic (exact) mass is 509 g/mol. The fraction of sp³-hybridized carbons (Fsp3) is 0.346. The molecule has 1 fully saturated rings. The molecule has 11 heteroatoms. The van der Waals surface area contributed by atoms with E-state index in [-0.39, 0.29) is 22.7 Å². The zero-order valence-electron chi connectivity index (χ0n) is 20.7. The van der Waals surface area contributed by atoms with Crippen molar-refractivity contribution in [2.24, 2.45) is 11.7 Å². The number of anilines is 3. The Morgan fingerprint density at radius 2 is 1.84 bits per heavy atom. The summed E-state index contributed by atoms with van der Waals surface area (Å²) in [5.74, 6) is -1.35. The quantitative estimate of drug-likeness (QED) is 0.323. The summed E-state index contributed by atoms with van der Waals surface area (Å²) in [6.45, 7) is 5.94. The van der Waals surface area contributed by atoms with E-state index >= 15 is 0 Å². The standard InChI is InChI=1S/C26H29F2N7O2/c1-14-12-34(13-19(29)24(14)36)22-6-7-30-11-21(22)32-25-31-10-16-4-5-20(33-35(16)25)23-17(27)8-15(9-18(23)28)26(2,3)37/h4-11,14,19,24,36-37H,12-13,29H2,1-3H3,(H,31,32). The molecule has 1 aromatic carbocycles. The maximum Gasteiger partial charge on any atom is 0.229 e. The van der Waals surface area contributed by atoms with Crippen molar-refractivity contribution in [3.05, 3.63) is 66.1 Å². The molecule has 0 amide bonds. The maximum absolute atomic E-state index is 15.0. The molecule has 3 aromatic heterocycles. The molecule has 0 saturated carbocycles. The van der Waals surface area contributed by atoms with E-state index in [2.05, 4.69) is 25.3 Å². The van der Waals surface area contributed by atoms with Crippen molar-refractivity contribution in [3.8, 4) is 11.3 Å². The molecule has 1 aliphatic rings. The van der Waals surface area contributed by atoms with Crippen LogP contribution >= 0.6 is 0 Å². The fourth-order valence-corrected chi connectivity index (χ4v) is 4.66. The van der Waals surface area contributed by atoms with E-state index in [1.54, 1.807) is 24.7 Å². The minimum Gasteiger partial charge on any atom is -0.391 e. The average molecular weight is 510 g/mol. The normalized spacial score (nSPS) is 20.4. The van der Waals surface area contributed by atoms with Crippen molar-refractivity contribution in [3.63, 3.8) is 0 Å². The lowest BCUT2D eigenvalue weighted by atomic mass is 9.92. The Morgan fingerprint density at radius 3 is 2.51 bits per heavy atom. The molecular weight excluding hydrogens is 480 g/mol. The van der Waals surface area contributed by atoms with Gasteiger partial charge in [-0.1, -0.05) is 6.92 Å². The van der Waals surface area contributed by atoms with E-state index < -0.39 is 29.4 Å². The number of imidazole rings is 1. The molecule has 0 spiro atoms. The van der Waals surface area contributed by atoms with Crippen molar-refractivity contribution >= 4 is 22.8 Å². The van der Waals surface area contributed by atoms with Gasteiger partial charge in [0.25, 0.3) is 0 Å². The van der Waals surface area contributed by atoms with Crippen LogP contribution in [0.15, 0.2) is 48.9 Å². The van der Waals surface area contributed by atoms with E-state index in [9.17, 15) is 19.0 Å². The Hall–Kier alpha value is -3.67. The lowest BCUT2D eigenvalue weighted by Gasteiger charge is -2.40. The number of hydrogen-bond acceptors (Lipinski definition) is 8. The van der Waals surface area contributed by atoms with E-state index in [1.165, 1.54) is 24.4 Å². The molecule has 0 aliphatic carbocycles. The number of nitrogens with one attached hydrogen (secondary N) is 1. The molecule has 9 nitrogen and oxygen atoms in total. The predicted octanol–water partition coefficient (Wildman–Crippen LogP) is 3.18. The summed E-state index contributed by atoms with van der Waals surface area (Å²) in [5, 5.41) is 28.1. The third-order valence-corrected chi connectivity index (χ3v) is 6.74. The number of piperidine rings is 1. The molecule has 3 unspecified atom stereocenters. The second-order valence-corrected chi connectivity index (χ2v) is 10.1. The third-order valence-electron chi connectivity index (χ3n) is 6.74. The van der Waals surface area contributed by atoms with E-state index in [0.29, 0.717) is 30.2 Å². The Morgan fingerprint density at radius 1 is 1.11 bits per heavy atom. The van der Waals surface area contributed by atoms with Gasteiger partial charge in [0.1, 0.15) is 11.6 Å². The largest absolute Gasteiger partial charge is 0.391 e. The summed E-state index contributed by atoms with van der Waals surface area (Å²) >= 11 is 0. The molecule has 4 heterocycles. The molecule has 3 atom stereocenters. The van der Waals surface area contributed by atoms with Crippen LogP contribution in [0.25, 0.3) is 16.8 Å². The van der Waals surface area contributed by atoms with Gasteiger partial charge in [0, 0.05) is 31.2 Å². The van der Waals surface area contributed by atoms with Crippen LogP contribution < -0.4 is 16.0 Å².